The van der Waals surface area contributed by atoms with E-state index in [1.807, 2.05) is 4.90 Å². The summed E-state index contributed by atoms with van der Waals surface area (Å²) in [6.07, 6.45) is -3.27. The molecule has 1 aliphatic heterocycles. The molecule has 1 saturated heterocycles. The molecular formula is C22H22F4N6O. The van der Waals surface area contributed by atoms with Gasteiger partial charge in [-0.15, -0.1) is 10.2 Å². The van der Waals surface area contributed by atoms with Crippen LogP contribution in [0.15, 0.2) is 42.6 Å². The Kier molecular flexibility index (Phi) is 6.05. The second kappa shape index (κ2) is 8.80. The molecule has 1 aliphatic rings. The predicted octanol–water partition coefficient (Wildman–Crippen LogP) is 4.22. The molecule has 1 aromatic carbocycles. The molecule has 7 nitrogen and oxygen atoms in total. The summed E-state index contributed by atoms with van der Waals surface area (Å²) >= 11 is 0. The highest BCUT2D eigenvalue weighted by atomic mass is 19.4. The van der Waals surface area contributed by atoms with Crippen molar-refractivity contribution in [1.29, 1.82) is 0 Å². The topological polar surface area (TPSA) is 75.9 Å². The molecule has 3 heterocycles. The molecule has 4 rings (SSSR count). The van der Waals surface area contributed by atoms with Gasteiger partial charge in [0, 0.05) is 19.3 Å². The number of pyridine rings is 1. The van der Waals surface area contributed by atoms with Crippen molar-refractivity contribution in [2.45, 2.75) is 26.6 Å². The average molecular weight is 462 g/mol. The number of benzene rings is 1. The van der Waals surface area contributed by atoms with Gasteiger partial charge in [0.25, 0.3) is 5.91 Å². The van der Waals surface area contributed by atoms with E-state index in [0.717, 1.165) is 12.1 Å². The number of rotatable bonds is 5. The summed E-state index contributed by atoms with van der Waals surface area (Å²) in [4.78, 5) is 18.9. The van der Waals surface area contributed by atoms with Crippen molar-refractivity contribution in [3.05, 3.63) is 65.4 Å². The van der Waals surface area contributed by atoms with Gasteiger partial charge in [0.05, 0.1) is 12.1 Å². The monoisotopic (exact) mass is 462 g/mol. The van der Waals surface area contributed by atoms with Crippen LogP contribution in [0.4, 0.5) is 29.3 Å². The van der Waals surface area contributed by atoms with Crippen LogP contribution < -0.4 is 10.2 Å². The zero-order valence-electron chi connectivity index (χ0n) is 18.0. The van der Waals surface area contributed by atoms with Gasteiger partial charge >= 0.3 is 6.18 Å². The summed E-state index contributed by atoms with van der Waals surface area (Å²) in [5, 5.41) is 10.7. The minimum atomic E-state index is -4.77. The Labute approximate surface area is 187 Å². The first-order chi connectivity index (χ1) is 15.6. The lowest BCUT2D eigenvalue weighted by molar-refractivity contribution is -0.138. The maximum atomic E-state index is 13.6. The van der Waals surface area contributed by atoms with Crippen molar-refractivity contribution >= 4 is 17.7 Å². The van der Waals surface area contributed by atoms with E-state index in [4.69, 9.17) is 0 Å². The van der Waals surface area contributed by atoms with Gasteiger partial charge in [-0.05, 0) is 41.7 Å². The lowest BCUT2D eigenvalue weighted by Crippen LogP contribution is -2.27. The largest absolute Gasteiger partial charge is 0.416 e. The summed E-state index contributed by atoms with van der Waals surface area (Å²) in [6.45, 7) is 5.03. The first kappa shape index (κ1) is 22.7. The van der Waals surface area contributed by atoms with E-state index in [2.05, 4.69) is 34.3 Å². The number of hydrogen-bond donors (Lipinski definition) is 1. The molecule has 0 bridgehead atoms. The van der Waals surface area contributed by atoms with Crippen LogP contribution in [-0.2, 0) is 12.7 Å². The molecule has 0 saturated carbocycles. The molecule has 1 N–H and O–H groups in total. The molecule has 174 valence electrons. The van der Waals surface area contributed by atoms with E-state index in [9.17, 15) is 22.4 Å². The van der Waals surface area contributed by atoms with E-state index >= 15 is 0 Å². The van der Waals surface area contributed by atoms with E-state index < -0.39 is 23.5 Å². The zero-order valence-corrected chi connectivity index (χ0v) is 18.0. The van der Waals surface area contributed by atoms with Gasteiger partial charge in [-0.2, -0.15) is 13.2 Å². The molecule has 2 unspecified atom stereocenters. The minimum absolute atomic E-state index is 0.166. The van der Waals surface area contributed by atoms with Crippen LogP contribution in [0.5, 0.6) is 0 Å². The van der Waals surface area contributed by atoms with E-state index in [1.165, 1.54) is 10.8 Å². The van der Waals surface area contributed by atoms with Crippen LogP contribution in [0.2, 0.25) is 0 Å². The Hall–Kier alpha value is -3.50. The van der Waals surface area contributed by atoms with Crippen LogP contribution in [0.1, 0.15) is 35.6 Å². The number of amides is 1. The number of carbonyl (C=O) groups excluding carboxylic acids is 1. The molecule has 2 aromatic heterocycles. The number of halogens is 4. The Balaban J connectivity index is 1.75. The van der Waals surface area contributed by atoms with Crippen LogP contribution >= 0.6 is 0 Å². The minimum Gasteiger partial charge on any atom is -0.340 e. The van der Waals surface area contributed by atoms with Gasteiger partial charge in [0.2, 0.25) is 11.8 Å². The Morgan fingerprint density at radius 3 is 2.48 bits per heavy atom. The smallest absolute Gasteiger partial charge is 0.340 e. The lowest BCUT2D eigenvalue weighted by Gasteiger charge is -2.20. The van der Waals surface area contributed by atoms with Gasteiger partial charge in [-0.3, -0.25) is 9.36 Å². The Morgan fingerprint density at radius 1 is 1.12 bits per heavy atom. The summed E-state index contributed by atoms with van der Waals surface area (Å²) < 4.78 is 55.8. The SMILES string of the molecule is CC1CN(c2nnc(C(=O)Nc3ccccn3)n2Cc2ccc(F)cc2C(F)(F)F)CC1C. The number of alkyl halides is 3. The second-order valence-electron chi connectivity index (χ2n) is 8.24. The normalized spacial score (nSPS) is 18.5. The molecule has 33 heavy (non-hydrogen) atoms. The molecule has 2 atom stereocenters. The summed E-state index contributed by atoms with van der Waals surface area (Å²) in [7, 11) is 0. The van der Waals surface area contributed by atoms with Crippen molar-refractivity contribution in [2.75, 3.05) is 23.3 Å². The molecule has 3 aromatic rings. The standard InChI is InChI=1S/C22H22F4N6O/c1-13-10-31(11-14(13)2)21-30-29-19(20(33)28-18-5-3-4-8-27-18)32(21)12-15-6-7-16(23)9-17(15)22(24,25)26/h3-9,13-14H,10-12H2,1-2H3,(H,27,28,33). The highest BCUT2D eigenvalue weighted by Gasteiger charge is 2.36. The number of anilines is 2. The molecule has 11 heteroatoms. The van der Waals surface area contributed by atoms with E-state index in [1.54, 1.807) is 18.2 Å². The van der Waals surface area contributed by atoms with Crippen LogP contribution in [0.25, 0.3) is 0 Å². The number of hydrogen-bond acceptors (Lipinski definition) is 5. The zero-order chi connectivity index (χ0) is 23.8. The van der Waals surface area contributed by atoms with Crippen LogP contribution in [0.3, 0.4) is 0 Å². The van der Waals surface area contributed by atoms with Crippen molar-refractivity contribution in [2.24, 2.45) is 11.8 Å². The van der Waals surface area contributed by atoms with Crippen molar-refractivity contribution in [3.63, 3.8) is 0 Å². The fourth-order valence-corrected chi connectivity index (χ4v) is 3.86. The number of nitrogens with one attached hydrogen (secondary N) is 1. The number of carbonyl (C=O) groups is 1. The van der Waals surface area contributed by atoms with Crippen LogP contribution in [0, 0.1) is 17.7 Å². The average Bonchev–Trinajstić information content (AvgIpc) is 3.32. The first-order valence-corrected chi connectivity index (χ1v) is 10.4. The highest BCUT2D eigenvalue weighted by molar-refractivity contribution is 6.01. The highest BCUT2D eigenvalue weighted by Crippen LogP contribution is 2.34. The van der Waals surface area contributed by atoms with Crippen molar-refractivity contribution in [3.8, 4) is 0 Å². The molecule has 0 radical (unpaired) electrons. The van der Waals surface area contributed by atoms with Crippen LogP contribution in [-0.4, -0.2) is 38.7 Å². The Bertz CT molecular complexity index is 1140. The molecule has 0 aliphatic carbocycles. The third kappa shape index (κ3) is 4.81. The fourth-order valence-electron chi connectivity index (χ4n) is 3.86. The fraction of sp³-hybridized carbons (Fsp3) is 0.364. The maximum Gasteiger partial charge on any atom is 0.416 e. The lowest BCUT2D eigenvalue weighted by atomic mass is 10.0. The third-order valence-electron chi connectivity index (χ3n) is 5.82. The van der Waals surface area contributed by atoms with E-state index in [-0.39, 0.29) is 29.7 Å². The van der Waals surface area contributed by atoms with E-state index in [0.29, 0.717) is 31.0 Å². The van der Waals surface area contributed by atoms with Gasteiger partial charge in [0.1, 0.15) is 11.6 Å². The molecule has 0 spiro atoms. The number of nitrogens with zero attached hydrogens (tertiary/aromatic N) is 5. The van der Waals surface area contributed by atoms with Gasteiger partial charge in [-0.1, -0.05) is 26.0 Å². The van der Waals surface area contributed by atoms with Gasteiger partial charge in [0.15, 0.2) is 0 Å². The number of aromatic nitrogens is 4. The van der Waals surface area contributed by atoms with Gasteiger partial charge in [-0.25, -0.2) is 9.37 Å². The maximum absolute atomic E-state index is 13.6. The predicted molar refractivity (Wildman–Crippen MR) is 113 cm³/mol. The molecule has 1 amide bonds. The summed E-state index contributed by atoms with van der Waals surface area (Å²) in [5.74, 6) is -0.612. The van der Waals surface area contributed by atoms with Crippen molar-refractivity contribution < 1.29 is 22.4 Å². The molecular weight excluding hydrogens is 440 g/mol. The van der Waals surface area contributed by atoms with Crippen molar-refractivity contribution in [1.82, 2.24) is 19.7 Å². The van der Waals surface area contributed by atoms with Gasteiger partial charge < -0.3 is 10.2 Å². The summed E-state index contributed by atoms with van der Waals surface area (Å²) in [5.41, 5.74) is -1.31. The quantitative estimate of drug-likeness (QED) is 0.575. The second-order valence-corrected chi connectivity index (χ2v) is 8.24. The Morgan fingerprint density at radius 2 is 1.85 bits per heavy atom. The first-order valence-electron chi connectivity index (χ1n) is 10.4. The third-order valence-corrected chi connectivity index (χ3v) is 5.82. The molecule has 1 fully saturated rings. The summed E-state index contributed by atoms with van der Waals surface area (Å²) in [6, 6.07) is 7.41.